The summed E-state index contributed by atoms with van der Waals surface area (Å²) in [5, 5.41) is 15.1. The molecule has 0 saturated carbocycles. The molecule has 0 spiro atoms. The van der Waals surface area contributed by atoms with E-state index in [-0.39, 0.29) is 16.9 Å². The number of aromatic amines is 1. The number of carbonyl (C=O) groups excluding carboxylic acids is 1. The molecule has 0 aliphatic heterocycles. The first kappa shape index (κ1) is 28.8. The zero-order valence-corrected chi connectivity index (χ0v) is 23.5. The maximum Gasteiger partial charge on any atom is 0.328 e. The molecular weight excluding hydrogens is 552 g/mol. The lowest BCUT2D eigenvalue weighted by Crippen LogP contribution is -2.34. The van der Waals surface area contributed by atoms with Gasteiger partial charge in [-0.2, -0.15) is 10.4 Å². The highest BCUT2D eigenvalue weighted by Crippen LogP contribution is 2.35. The van der Waals surface area contributed by atoms with Crippen LogP contribution in [0, 0.1) is 11.3 Å². The van der Waals surface area contributed by atoms with E-state index in [1.54, 1.807) is 28.8 Å². The maximum atomic E-state index is 13.1. The maximum absolute atomic E-state index is 13.1. The van der Waals surface area contributed by atoms with Gasteiger partial charge < -0.3 is 21.2 Å². The highest BCUT2D eigenvalue weighted by atomic mass is 35.5. The van der Waals surface area contributed by atoms with Gasteiger partial charge in [0.05, 0.1) is 23.0 Å². The van der Waals surface area contributed by atoms with Gasteiger partial charge in [-0.25, -0.2) is 9.31 Å². The molecule has 9 nitrogen and oxygen atoms in total. The molecular formula is C32H29ClN6O3. The Bertz CT molecular complexity index is 1820. The number of ether oxygens (including phenoxy) is 1. The fourth-order valence-electron chi connectivity index (χ4n) is 4.81. The molecule has 0 saturated heterocycles. The summed E-state index contributed by atoms with van der Waals surface area (Å²) >= 11 is 6.18. The largest absolute Gasteiger partial charge is 0.425 e. The number of nitrogens with two attached hydrogens (primary N) is 2. The Labute approximate surface area is 247 Å². The molecule has 0 fully saturated rings. The standard InChI is InChI=1S/C32H29ClN6O3/c33-23-12-10-22(11-13-23)30-26(16-20-6-2-1-3-7-20)38-39-27(18-29(40)37-31(30)39)24-14-9-21(19-35)17-28(24)42-32(41)25(36)8-4-5-15-34/h1-3,6-7,9-14,17-18,25H,4-5,8,15-16,34,36H2,(H,37,40)/t25-/m0/s1. The number of hydrogen-bond acceptors (Lipinski definition) is 7. The lowest BCUT2D eigenvalue weighted by molar-refractivity contribution is -0.136. The van der Waals surface area contributed by atoms with Crippen LogP contribution < -0.4 is 21.8 Å². The van der Waals surface area contributed by atoms with Gasteiger partial charge in [0.15, 0.2) is 0 Å². The van der Waals surface area contributed by atoms with Gasteiger partial charge in [0, 0.05) is 28.6 Å². The van der Waals surface area contributed by atoms with E-state index in [2.05, 4.69) is 11.1 Å². The minimum Gasteiger partial charge on any atom is -0.425 e. The molecule has 5 rings (SSSR count). The number of H-pyrrole nitrogens is 1. The van der Waals surface area contributed by atoms with Gasteiger partial charge in [-0.05, 0) is 60.8 Å². The number of esters is 1. The molecule has 0 aliphatic carbocycles. The number of benzene rings is 3. The second kappa shape index (κ2) is 12.8. The average molecular weight is 581 g/mol. The summed E-state index contributed by atoms with van der Waals surface area (Å²) in [6.45, 7) is 0.503. The van der Waals surface area contributed by atoms with E-state index in [1.165, 1.54) is 12.1 Å². The Morgan fingerprint density at radius 1 is 1.07 bits per heavy atom. The van der Waals surface area contributed by atoms with Crippen LogP contribution in [0.2, 0.25) is 5.02 Å². The van der Waals surface area contributed by atoms with E-state index in [0.29, 0.717) is 47.7 Å². The molecule has 0 unspecified atom stereocenters. The van der Waals surface area contributed by atoms with Gasteiger partial charge >= 0.3 is 5.97 Å². The second-order valence-electron chi connectivity index (χ2n) is 9.90. The molecule has 0 aliphatic rings. The smallest absolute Gasteiger partial charge is 0.328 e. The SMILES string of the molecule is N#Cc1ccc(-c2cc(=O)[nH]c3c(-c4ccc(Cl)cc4)c(Cc4ccccc4)nn23)c(OC(=O)[C@@H](N)CCCCN)c1. The summed E-state index contributed by atoms with van der Waals surface area (Å²) in [6, 6.07) is 24.5. The molecule has 1 atom stereocenters. The average Bonchev–Trinajstić information content (AvgIpc) is 3.35. The topological polar surface area (TPSA) is 152 Å². The molecule has 42 heavy (non-hydrogen) atoms. The Kier molecular flexibility index (Phi) is 8.79. The van der Waals surface area contributed by atoms with Crippen LogP contribution in [0.25, 0.3) is 28.0 Å². The summed E-state index contributed by atoms with van der Waals surface area (Å²) in [5.41, 5.74) is 16.1. The number of carbonyl (C=O) groups is 1. The fraction of sp³-hybridized carbons (Fsp3) is 0.188. The first-order valence-electron chi connectivity index (χ1n) is 13.5. The van der Waals surface area contributed by atoms with E-state index in [4.69, 9.17) is 32.9 Å². The van der Waals surface area contributed by atoms with Crippen molar-refractivity contribution in [1.82, 2.24) is 14.6 Å². The number of halogens is 1. The summed E-state index contributed by atoms with van der Waals surface area (Å²) in [6.07, 6.45) is 2.32. The van der Waals surface area contributed by atoms with Crippen molar-refractivity contribution in [2.75, 3.05) is 6.54 Å². The molecule has 0 amide bonds. The summed E-state index contributed by atoms with van der Waals surface area (Å²) < 4.78 is 7.37. The number of fused-ring (bicyclic) bond motifs is 1. The molecule has 0 bridgehead atoms. The Morgan fingerprint density at radius 2 is 1.83 bits per heavy atom. The van der Waals surface area contributed by atoms with Crippen LogP contribution in [-0.2, 0) is 11.2 Å². The van der Waals surface area contributed by atoms with Crippen LogP contribution in [0.5, 0.6) is 5.75 Å². The second-order valence-corrected chi connectivity index (χ2v) is 10.3. The van der Waals surface area contributed by atoms with E-state index in [9.17, 15) is 14.9 Å². The number of rotatable bonds is 10. The van der Waals surface area contributed by atoms with E-state index >= 15 is 0 Å². The monoisotopic (exact) mass is 580 g/mol. The Hall–Kier alpha value is -4.75. The number of nitriles is 1. The zero-order valence-electron chi connectivity index (χ0n) is 22.7. The van der Waals surface area contributed by atoms with Crippen molar-refractivity contribution in [2.24, 2.45) is 11.5 Å². The number of nitrogens with one attached hydrogen (secondary N) is 1. The van der Waals surface area contributed by atoms with Crippen molar-refractivity contribution >= 4 is 23.2 Å². The molecule has 5 aromatic rings. The number of nitrogens with zero attached hydrogens (tertiary/aromatic N) is 3. The highest BCUT2D eigenvalue weighted by Gasteiger charge is 2.23. The van der Waals surface area contributed by atoms with E-state index in [0.717, 1.165) is 28.8 Å². The van der Waals surface area contributed by atoms with E-state index in [1.807, 2.05) is 42.5 Å². The van der Waals surface area contributed by atoms with Gasteiger partial charge in [-0.15, -0.1) is 0 Å². The van der Waals surface area contributed by atoms with Crippen LogP contribution in [-0.4, -0.2) is 33.2 Å². The van der Waals surface area contributed by atoms with Crippen molar-refractivity contribution in [2.45, 2.75) is 31.7 Å². The van der Waals surface area contributed by atoms with Crippen LogP contribution in [0.3, 0.4) is 0 Å². The third-order valence-electron chi connectivity index (χ3n) is 6.91. The molecule has 212 valence electrons. The van der Waals surface area contributed by atoms with Crippen molar-refractivity contribution < 1.29 is 9.53 Å². The Morgan fingerprint density at radius 3 is 2.55 bits per heavy atom. The number of aromatic nitrogens is 3. The predicted octanol–water partition coefficient (Wildman–Crippen LogP) is 4.83. The van der Waals surface area contributed by atoms with Gasteiger partial charge in [-0.1, -0.05) is 60.5 Å². The third kappa shape index (κ3) is 6.26. The molecule has 5 N–H and O–H groups in total. The zero-order chi connectivity index (χ0) is 29.6. The lowest BCUT2D eigenvalue weighted by Gasteiger charge is -2.15. The fourth-order valence-corrected chi connectivity index (χ4v) is 4.94. The van der Waals surface area contributed by atoms with Crippen LogP contribution in [0.1, 0.15) is 36.1 Å². The summed E-state index contributed by atoms with van der Waals surface area (Å²) in [4.78, 5) is 29.0. The molecule has 2 aromatic heterocycles. The number of hydrogen-bond donors (Lipinski definition) is 3. The highest BCUT2D eigenvalue weighted by molar-refractivity contribution is 6.30. The van der Waals surface area contributed by atoms with E-state index < -0.39 is 12.0 Å². The van der Waals surface area contributed by atoms with Crippen molar-refractivity contribution in [3.05, 3.63) is 111 Å². The lowest BCUT2D eigenvalue weighted by atomic mass is 10.0. The van der Waals surface area contributed by atoms with Crippen molar-refractivity contribution in [1.29, 1.82) is 5.26 Å². The van der Waals surface area contributed by atoms with Crippen molar-refractivity contribution in [3.8, 4) is 34.2 Å². The summed E-state index contributed by atoms with van der Waals surface area (Å²) in [5.74, 6) is -0.537. The minimum atomic E-state index is -0.868. The van der Waals surface area contributed by atoms with Crippen molar-refractivity contribution in [3.63, 3.8) is 0 Å². The van der Waals surface area contributed by atoms with Gasteiger partial charge in [-0.3, -0.25) is 4.79 Å². The first-order chi connectivity index (χ1) is 20.4. The van der Waals surface area contributed by atoms with Crippen LogP contribution >= 0.6 is 11.6 Å². The predicted molar refractivity (Wildman–Crippen MR) is 162 cm³/mol. The van der Waals surface area contributed by atoms with Gasteiger partial charge in [0.2, 0.25) is 0 Å². The molecule has 2 heterocycles. The summed E-state index contributed by atoms with van der Waals surface area (Å²) in [7, 11) is 0. The molecule has 10 heteroatoms. The molecule has 3 aromatic carbocycles. The van der Waals surface area contributed by atoms with Crippen LogP contribution in [0.15, 0.2) is 83.7 Å². The Balaban J connectivity index is 1.67. The minimum absolute atomic E-state index is 0.105. The third-order valence-corrected chi connectivity index (χ3v) is 7.16. The first-order valence-corrected chi connectivity index (χ1v) is 13.9. The molecule has 0 radical (unpaired) electrons. The van der Waals surface area contributed by atoms with Crippen LogP contribution in [0.4, 0.5) is 0 Å². The van der Waals surface area contributed by atoms with Gasteiger partial charge in [0.25, 0.3) is 5.56 Å². The van der Waals surface area contributed by atoms with Gasteiger partial charge in [0.1, 0.15) is 17.4 Å². The quantitative estimate of drug-likeness (QED) is 0.121. The normalized spacial score (nSPS) is 11.8. The number of unbranched alkanes of at least 4 members (excludes halogenated alkanes) is 1.